The minimum absolute atomic E-state index is 0.0933. The lowest BCUT2D eigenvalue weighted by Crippen LogP contribution is -2.43. The molecule has 63 heavy (non-hydrogen) atoms. The third-order valence-electron chi connectivity index (χ3n) is 8.95. The second-order valence-electron chi connectivity index (χ2n) is 13.4. The van der Waals surface area contributed by atoms with Gasteiger partial charge in [0.15, 0.2) is 17.3 Å². The first-order valence-corrected chi connectivity index (χ1v) is 19.3. The van der Waals surface area contributed by atoms with E-state index in [1.807, 2.05) is 6.92 Å². The van der Waals surface area contributed by atoms with Crippen molar-refractivity contribution < 1.29 is 75.9 Å². The molecule has 4 rings (SSSR count). The fourth-order valence-corrected chi connectivity index (χ4v) is 5.80. The number of benzene rings is 2. The summed E-state index contributed by atoms with van der Waals surface area (Å²) in [5.41, 5.74) is -1.41. The van der Waals surface area contributed by atoms with Gasteiger partial charge in [0.2, 0.25) is 24.6 Å². The van der Waals surface area contributed by atoms with Crippen LogP contribution in [0.1, 0.15) is 87.8 Å². The largest absolute Gasteiger partial charge is 0.494 e. The Hall–Kier alpha value is -7.62. The van der Waals surface area contributed by atoms with E-state index in [1.54, 1.807) is 6.92 Å². The number of hydroxylamine groups is 4. The maximum Gasteiger partial charge on any atom is 0.363 e. The third kappa shape index (κ3) is 13.7. The number of carboxylic acids is 1. The quantitative estimate of drug-likeness (QED) is 0.0181. The van der Waals surface area contributed by atoms with Crippen molar-refractivity contribution in [1.82, 2.24) is 31.4 Å². The van der Waals surface area contributed by atoms with E-state index in [4.69, 9.17) is 28.7 Å². The number of carbonyl (C=O) groups is 8. The van der Waals surface area contributed by atoms with E-state index in [0.717, 1.165) is 25.0 Å². The molecule has 0 saturated carbocycles. The molecule has 2 aromatic heterocycles. The Labute approximate surface area is 357 Å². The highest BCUT2D eigenvalue weighted by molar-refractivity contribution is 5.94. The summed E-state index contributed by atoms with van der Waals surface area (Å²) >= 11 is 0. The van der Waals surface area contributed by atoms with Gasteiger partial charge in [0.25, 0.3) is 11.8 Å². The average molecular weight is 883 g/mol. The van der Waals surface area contributed by atoms with Crippen LogP contribution < -0.4 is 26.0 Å². The van der Waals surface area contributed by atoms with Gasteiger partial charge in [0.1, 0.15) is 28.7 Å². The Morgan fingerprint density at radius 2 is 1.49 bits per heavy atom. The first-order chi connectivity index (χ1) is 30.2. The minimum Gasteiger partial charge on any atom is -0.494 e. The van der Waals surface area contributed by atoms with Gasteiger partial charge in [0, 0.05) is 12.0 Å². The summed E-state index contributed by atoms with van der Waals surface area (Å²) in [5.74, 6) is -9.59. The van der Waals surface area contributed by atoms with Crippen LogP contribution in [0.25, 0.3) is 22.6 Å². The minimum atomic E-state index is -1.83. The summed E-state index contributed by atoms with van der Waals surface area (Å²) in [4.78, 5) is 103. The SMILES string of the molecule is CCCCC[C@H](CN(C=O)OC(=O)c1cc(OCC)cc(-c2ccc(C(=O)NCNC(=O)CCN(O)C=O)o2)c1)C(=O)NCNC(=O)c1ccc(-c2ccc(F)c(C(=O)O)c2F)o1. The third-order valence-corrected chi connectivity index (χ3v) is 8.95. The second-order valence-corrected chi connectivity index (χ2v) is 13.4. The molecule has 1 atom stereocenters. The number of ether oxygens (including phenoxy) is 1. The van der Waals surface area contributed by atoms with Crippen molar-refractivity contribution in [2.75, 3.05) is 33.0 Å². The molecule has 336 valence electrons. The van der Waals surface area contributed by atoms with E-state index in [-0.39, 0.29) is 91.9 Å². The Morgan fingerprint density at radius 3 is 2.13 bits per heavy atom. The highest BCUT2D eigenvalue weighted by Crippen LogP contribution is 2.30. The number of hydrogen-bond donors (Lipinski definition) is 6. The molecule has 0 bridgehead atoms. The molecule has 0 spiro atoms. The average Bonchev–Trinajstić information content (AvgIpc) is 3.96. The first kappa shape index (κ1) is 48.1. The summed E-state index contributed by atoms with van der Waals surface area (Å²) in [5, 5.41) is 28.9. The molecule has 0 unspecified atom stereocenters. The molecule has 0 aliphatic heterocycles. The number of amides is 6. The van der Waals surface area contributed by atoms with E-state index in [0.29, 0.717) is 16.5 Å². The van der Waals surface area contributed by atoms with Gasteiger partial charge in [-0.15, -0.1) is 0 Å². The number of furan rings is 2. The Kier molecular flexibility index (Phi) is 17.8. The van der Waals surface area contributed by atoms with Crippen LogP contribution in [-0.4, -0.2) is 102 Å². The van der Waals surface area contributed by atoms with Crippen molar-refractivity contribution in [3.63, 3.8) is 0 Å². The molecular weight excluding hydrogens is 838 g/mol. The van der Waals surface area contributed by atoms with Crippen molar-refractivity contribution >= 4 is 48.4 Å². The highest BCUT2D eigenvalue weighted by atomic mass is 19.1. The maximum absolute atomic E-state index is 14.7. The molecule has 0 aliphatic carbocycles. The monoisotopic (exact) mass is 882 g/mol. The standard InChI is InChI=1S/C41H44F2N6O14/c1-3-5-6-7-24(37(53)45-21-47-39(55)33-13-11-31(62-33)28-8-9-29(42)35(36(28)43)40(56)57)19-49(23-51)63-41(58)26-16-25(17-27(18-26)60-4-2)30-10-12-32(61-30)38(54)46-20-44-34(52)14-15-48(59)22-50/h8-13,16-18,22-24,59H,3-7,14-15,19-21H2,1-2H3,(H,44,52)(H,45,53)(H,46,54)(H,47,55)(H,56,57)/t24-/m1/s1. The van der Waals surface area contributed by atoms with Crippen molar-refractivity contribution in [1.29, 1.82) is 0 Å². The van der Waals surface area contributed by atoms with Crippen molar-refractivity contribution in [2.24, 2.45) is 5.92 Å². The van der Waals surface area contributed by atoms with Crippen molar-refractivity contribution in [2.45, 2.75) is 46.0 Å². The molecule has 6 amide bonds. The predicted molar refractivity (Wildman–Crippen MR) is 212 cm³/mol. The second kappa shape index (κ2) is 23.4. The van der Waals surface area contributed by atoms with E-state index in [2.05, 4.69) is 21.3 Å². The van der Waals surface area contributed by atoms with Crippen LogP contribution in [0, 0.1) is 17.6 Å². The fraction of sp³-hybridized carbons (Fsp3) is 0.317. The van der Waals surface area contributed by atoms with Crippen LogP contribution in [0.15, 0.2) is 63.4 Å². The lowest BCUT2D eigenvalue weighted by Gasteiger charge is -2.23. The summed E-state index contributed by atoms with van der Waals surface area (Å²) in [7, 11) is 0. The molecule has 0 fully saturated rings. The topological polar surface area (TPSA) is 276 Å². The van der Waals surface area contributed by atoms with E-state index >= 15 is 0 Å². The van der Waals surface area contributed by atoms with Crippen LogP contribution >= 0.6 is 0 Å². The number of rotatable bonds is 25. The molecule has 2 aromatic carbocycles. The predicted octanol–water partition coefficient (Wildman–Crippen LogP) is 3.85. The Balaban J connectivity index is 1.38. The number of carboxylic acid groups (broad SMARTS) is 1. The number of nitrogens with one attached hydrogen (secondary N) is 4. The van der Waals surface area contributed by atoms with E-state index < -0.39 is 70.9 Å². The van der Waals surface area contributed by atoms with Gasteiger partial charge in [-0.1, -0.05) is 26.2 Å². The Morgan fingerprint density at radius 1 is 0.825 bits per heavy atom. The lowest BCUT2D eigenvalue weighted by atomic mass is 10.00. The summed E-state index contributed by atoms with van der Waals surface area (Å²) < 4.78 is 45.3. The zero-order valence-electron chi connectivity index (χ0n) is 33.9. The molecular formula is C41H44F2N6O14. The molecule has 22 heteroatoms. The summed E-state index contributed by atoms with van der Waals surface area (Å²) in [6, 6.07) is 11.1. The van der Waals surface area contributed by atoms with Gasteiger partial charge >= 0.3 is 11.9 Å². The molecule has 0 aliphatic rings. The Bertz CT molecular complexity index is 2300. The normalized spacial score (nSPS) is 11.1. The lowest BCUT2D eigenvalue weighted by molar-refractivity contribution is -0.157. The molecule has 4 aromatic rings. The van der Waals surface area contributed by atoms with Gasteiger partial charge in [-0.2, -0.15) is 5.06 Å². The zero-order valence-corrected chi connectivity index (χ0v) is 33.9. The number of hydrogen-bond acceptors (Lipinski definition) is 13. The van der Waals surface area contributed by atoms with Gasteiger partial charge in [-0.05, 0) is 67.9 Å². The maximum atomic E-state index is 14.7. The molecule has 0 saturated heterocycles. The zero-order chi connectivity index (χ0) is 46.1. The number of nitrogens with zero attached hydrogens (tertiary/aromatic N) is 2. The highest BCUT2D eigenvalue weighted by Gasteiger charge is 2.26. The van der Waals surface area contributed by atoms with Crippen LogP contribution in [0.3, 0.4) is 0 Å². The van der Waals surface area contributed by atoms with Crippen LogP contribution in [-0.2, 0) is 24.0 Å². The van der Waals surface area contributed by atoms with Gasteiger partial charge < -0.3 is 44.8 Å². The molecule has 0 radical (unpaired) electrons. The van der Waals surface area contributed by atoms with Crippen LogP contribution in [0.5, 0.6) is 5.75 Å². The van der Waals surface area contributed by atoms with Gasteiger partial charge in [-0.3, -0.25) is 34.0 Å². The summed E-state index contributed by atoms with van der Waals surface area (Å²) in [6.07, 6.45) is 2.49. The van der Waals surface area contributed by atoms with Crippen LogP contribution in [0.4, 0.5) is 8.78 Å². The van der Waals surface area contributed by atoms with E-state index in [9.17, 15) is 47.1 Å². The van der Waals surface area contributed by atoms with Crippen molar-refractivity contribution in [3.05, 3.63) is 88.9 Å². The number of unbranched alkanes of at least 4 members (excludes halogenated alkanes) is 2. The van der Waals surface area contributed by atoms with Crippen molar-refractivity contribution in [3.8, 4) is 28.4 Å². The van der Waals surface area contributed by atoms with Crippen LogP contribution in [0.2, 0.25) is 0 Å². The number of carbonyl (C=O) groups excluding carboxylic acids is 7. The van der Waals surface area contributed by atoms with E-state index in [1.165, 1.54) is 42.5 Å². The van der Waals surface area contributed by atoms with Gasteiger partial charge in [0.05, 0.1) is 50.1 Å². The molecule has 20 nitrogen and oxygen atoms in total. The molecule has 2 heterocycles. The first-order valence-electron chi connectivity index (χ1n) is 19.3. The number of halogens is 2. The fourth-order valence-electron chi connectivity index (χ4n) is 5.80. The molecule has 6 N–H and O–H groups in total. The van der Waals surface area contributed by atoms with Gasteiger partial charge in [-0.25, -0.2) is 23.4 Å². The summed E-state index contributed by atoms with van der Waals surface area (Å²) in [6.45, 7) is 2.50. The number of aromatic carboxylic acids is 1. The smallest absolute Gasteiger partial charge is 0.363 e.